The number of aromatic nitrogens is 2. The number of pyridine rings is 1. The number of aryl methyl sites for hydroxylation is 1. The number of fused-ring (bicyclic) bond motifs is 2. The Bertz CT molecular complexity index is 999. The van der Waals surface area contributed by atoms with E-state index in [1.165, 1.54) is 4.88 Å². The first-order chi connectivity index (χ1) is 12.5. The molecule has 0 aliphatic carbocycles. The Kier molecular flexibility index (Phi) is 4.34. The zero-order valence-electron chi connectivity index (χ0n) is 15.0. The highest BCUT2D eigenvalue weighted by molar-refractivity contribution is 7.15. The van der Waals surface area contributed by atoms with E-state index >= 15 is 0 Å². The van der Waals surface area contributed by atoms with Gasteiger partial charge in [0.15, 0.2) is 5.13 Å². The van der Waals surface area contributed by atoms with E-state index in [1.807, 2.05) is 31.2 Å². The van der Waals surface area contributed by atoms with Crippen LogP contribution in [0.15, 0.2) is 24.3 Å². The van der Waals surface area contributed by atoms with Crippen LogP contribution in [0.25, 0.3) is 10.9 Å². The van der Waals surface area contributed by atoms with Crippen molar-refractivity contribution in [1.29, 1.82) is 0 Å². The Morgan fingerprint density at radius 3 is 2.96 bits per heavy atom. The maximum Gasteiger partial charge on any atom is 0.259 e. The van der Waals surface area contributed by atoms with Crippen LogP contribution in [0.1, 0.15) is 26.6 Å². The predicted octanol–water partition coefficient (Wildman–Crippen LogP) is 3.25. The summed E-state index contributed by atoms with van der Waals surface area (Å²) in [6.45, 7) is 3.73. The lowest BCUT2D eigenvalue weighted by Crippen LogP contribution is -2.25. The number of thiazole rings is 1. The summed E-state index contributed by atoms with van der Waals surface area (Å²) in [4.78, 5) is 25.4. The van der Waals surface area contributed by atoms with Gasteiger partial charge in [-0.2, -0.15) is 0 Å². The Labute approximate surface area is 155 Å². The van der Waals surface area contributed by atoms with E-state index in [0.717, 1.165) is 41.9 Å². The Morgan fingerprint density at radius 1 is 1.31 bits per heavy atom. The molecule has 3 aromatic rings. The fraction of sp³-hybridized carbons (Fsp3) is 0.316. The Hall–Kier alpha value is -2.51. The number of nitrogens with zero attached hydrogens (tertiary/aromatic N) is 3. The molecule has 134 valence electrons. The van der Waals surface area contributed by atoms with Crippen molar-refractivity contribution in [2.24, 2.45) is 0 Å². The summed E-state index contributed by atoms with van der Waals surface area (Å²) in [6, 6.07) is 7.52. The van der Waals surface area contributed by atoms with Gasteiger partial charge in [0, 0.05) is 35.8 Å². The van der Waals surface area contributed by atoms with E-state index in [4.69, 9.17) is 4.74 Å². The van der Waals surface area contributed by atoms with Crippen molar-refractivity contribution in [2.45, 2.75) is 19.9 Å². The smallest absolute Gasteiger partial charge is 0.259 e. The molecule has 0 unspecified atom stereocenters. The number of rotatable bonds is 3. The van der Waals surface area contributed by atoms with Gasteiger partial charge in [0.25, 0.3) is 5.91 Å². The van der Waals surface area contributed by atoms with Crippen LogP contribution in [0.4, 0.5) is 5.13 Å². The number of amides is 1. The van der Waals surface area contributed by atoms with Gasteiger partial charge in [-0.15, -0.1) is 11.3 Å². The summed E-state index contributed by atoms with van der Waals surface area (Å²) >= 11 is 1.55. The molecule has 3 heterocycles. The minimum Gasteiger partial charge on any atom is -0.497 e. The van der Waals surface area contributed by atoms with E-state index in [-0.39, 0.29) is 5.91 Å². The van der Waals surface area contributed by atoms with E-state index < -0.39 is 0 Å². The highest BCUT2D eigenvalue weighted by Crippen LogP contribution is 2.28. The van der Waals surface area contributed by atoms with Crippen LogP contribution in [0.2, 0.25) is 0 Å². The molecule has 0 radical (unpaired) electrons. The summed E-state index contributed by atoms with van der Waals surface area (Å²) in [5.41, 5.74) is 3.16. The van der Waals surface area contributed by atoms with E-state index in [1.54, 1.807) is 18.4 Å². The number of benzene rings is 1. The standard InChI is InChI=1S/C19H20N4O2S/c1-11-14(8-12-4-5-13(25-3)9-16(12)20-11)18(24)22-19-21-15-6-7-23(2)10-17(15)26-19/h4-5,8-9H,6-7,10H2,1-3H3,(H,21,22,24). The van der Waals surface area contributed by atoms with E-state index in [9.17, 15) is 4.79 Å². The third kappa shape index (κ3) is 3.15. The fourth-order valence-corrected chi connectivity index (χ4v) is 4.22. The minimum absolute atomic E-state index is 0.174. The van der Waals surface area contributed by atoms with E-state index in [0.29, 0.717) is 16.4 Å². The van der Waals surface area contributed by atoms with Gasteiger partial charge in [-0.1, -0.05) is 0 Å². The van der Waals surface area contributed by atoms with Crippen LogP contribution in [-0.4, -0.2) is 41.5 Å². The summed E-state index contributed by atoms with van der Waals surface area (Å²) in [6.07, 6.45) is 0.927. The molecule has 1 N–H and O–H groups in total. The normalized spacial score (nSPS) is 14.3. The predicted molar refractivity (Wildman–Crippen MR) is 103 cm³/mol. The molecule has 0 saturated heterocycles. The largest absolute Gasteiger partial charge is 0.497 e. The van der Waals surface area contributed by atoms with Crippen molar-refractivity contribution < 1.29 is 9.53 Å². The zero-order valence-corrected chi connectivity index (χ0v) is 15.8. The SMILES string of the molecule is COc1ccc2cc(C(=O)Nc3nc4c(s3)CN(C)CC4)c(C)nc2c1. The molecule has 26 heavy (non-hydrogen) atoms. The van der Waals surface area contributed by atoms with Crippen LogP contribution >= 0.6 is 11.3 Å². The third-order valence-electron chi connectivity index (χ3n) is 4.60. The first-order valence-electron chi connectivity index (χ1n) is 8.47. The topological polar surface area (TPSA) is 67.3 Å². The molecule has 0 bridgehead atoms. The van der Waals surface area contributed by atoms with Gasteiger partial charge in [-0.05, 0) is 32.2 Å². The maximum absolute atomic E-state index is 12.8. The second-order valence-electron chi connectivity index (χ2n) is 6.51. The second kappa shape index (κ2) is 6.66. The van der Waals surface area contributed by atoms with Crippen molar-refractivity contribution in [2.75, 3.05) is 26.0 Å². The quantitative estimate of drug-likeness (QED) is 0.769. The summed E-state index contributed by atoms with van der Waals surface area (Å²) in [5.74, 6) is 0.576. The fourth-order valence-electron chi connectivity index (χ4n) is 3.14. The van der Waals surface area contributed by atoms with Crippen LogP contribution < -0.4 is 10.1 Å². The van der Waals surface area contributed by atoms with Gasteiger partial charge in [-0.25, -0.2) is 4.98 Å². The molecule has 0 fully saturated rings. The number of carbonyl (C=O) groups is 1. The molecule has 6 nitrogen and oxygen atoms in total. The van der Waals surface area contributed by atoms with Gasteiger partial charge < -0.3 is 9.64 Å². The number of nitrogens with one attached hydrogen (secondary N) is 1. The number of likely N-dealkylation sites (N-methyl/N-ethyl adjacent to an activating group) is 1. The molecule has 1 amide bonds. The van der Waals surface area contributed by atoms with Crippen molar-refractivity contribution >= 4 is 33.3 Å². The lowest BCUT2D eigenvalue weighted by molar-refractivity contribution is 0.102. The zero-order chi connectivity index (χ0) is 18.3. The third-order valence-corrected chi connectivity index (χ3v) is 5.60. The molecule has 0 spiro atoms. The molecular formula is C19H20N4O2S. The van der Waals surface area contributed by atoms with Gasteiger partial charge in [0.2, 0.25) is 0 Å². The summed E-state index contributed by atoms with van der Waals surface area (Å²) < 4.78 is 5.24. The Balaban J connectivity index is 1.61. The maximum atomic E-state index is 12.8. The molecule has 1 aromatic carbocycles. The average molecular weight is 368 g/mol. The van der Waals surface area contributed by atoms with Crippen molar-refractivity contribution in [1.82, 2.24) is 14.9 Å². The van der Waals surface area contributed by atoms with Crippen LogP contribution in [-0.2, 0) is 13.0 Å². The van der Waals surface area contributed by atoms with Crippen LogP contribution in [0.3, 0.4) is 0 Å². The molecule has 2 aromatic heterocycles. The number of ether oxygens (including phenoxy) is 1. The first kappa shape index (κ1) is 16.9. The van der Waals surface area contributed by atoms with Gasteiger partial charge >= 0.3 is 0 Å². The lowest BCUT2D eigenvalue weighted by Gasteiger charge is -2.20. The molecule has 0 atom stereocenters. The lowest BCUT2D eigenvalue weighted by atomic mass is 10.1. The molecule has 1 aliphatic rings. The second-order valence-corrected chi connectivity index (χ2v) is 7.59. The molecule has 1 aliphatic heterocycles. The van der Waals surface area contributed by atoms with Crippen molar-refractivity contribution in [3.8, 4) is 5.75 Å². The molecular weight excluding hydrogens is 348 g/mol. The molecule has 0 saturated carbocycles. The van der Waals surface area contributed by atoms with Crippen LogP contribution in [0.5, 0.6) is 5.75 Å². The number of hydrogen-bond acceptors (Lipinski definition) is 6. The number of anilines is 1. The van der Waals surface area contributed by atoms with Crippen molar-refractivity contribution in [3.05, 3.63) is 46.1 Å². The number of carbonyl (C=O) groups excluding carboxylic acids is 1. The summed E-state index contributed by atoms with van der Waals surface area (Å²) in [5, 5.41) is 4.50. The highest BCUT2D eigenvalue weighted by Gasteiger charge is 2.20. The number of hydrogen-bond donors (Lipinski definition) is 1. The van der Waals surface area contributed by atoms with Crippen molar-refractivity contribution in [3.63, 3.8) is 0 Å². The monoisotopic (exact) mass is 368 g/mol. The highest BCUT2D eigenvalue weighted by atomic mass is 32.1. The Morgan fingerprint density at radius 2 is 2.15 bits per heavy atom. The summed E-state index contributed by atoms with van der Waals surface area (Å²) in [7, 11) is 3.72. The van der Waals surface area contributed by atoms with E-state index in [2.05, 4.69) is 27.2 Å². The first-order valence-corrected chi connectivity index (χ1v) is 9.29. The molecule has 7 heteroatoms. The van der Waals surface area contributed by atoms with Gasteiger partial charge in [-0.3, -0.25) is 15.1 Å². The molecule has 4 rings (SSSR count). The van der Waals surface area contributed by atoms with Gasteiger partial charge in [0.05, 0.1) is 29.6 Å². The van der Waals surface area contributed by atoms with Gasteiger partial charge in [0.1, 0.15) is 5.75 Å². The average Bonchev–Trinajstić information content (AvgIpc) is 3.01. The van der Waals surface area contributed by atoms with Crippen LogP contribution in [0, 0.1) is 6.92 Å². The number of methoxy groups -OCH3 is 1. The minimum atomic E-state index is -0.174.